The van der Waals surface area contributed by atoms with Crippen LogP contribution in [0.25, 0.3) is 0 Å². The van der Waals surface area contributed by atoms with Gasteiger partial charge < -0.3 is 15.6 Å². The molecule has 0 bridgehead atoms. The summed E-state index contributed by atoms with van der Waals surface area (Å²) in [5, 5.41) is 9.49. The number of carboxylic acids is 1. The van der Waals surface area contributed by atoms with Gasteiger partial charge in [0, 0.05) is 21.9 Å². The Morgan fingerprint density at radius 2 is 1.90 bits per heavy atom. The van der Waals surface area contributed by atoms with Crippen LogP contribution in [0.1, 0.15) is 11.5 Å². The molecule has 0 amide bonds. The number of benzene rings is 2. The van der Waals surface area contributed by atoms with Gasteiger partial charge in [0.05, 0.1) is 13.0 Å². The van der Waals surface area contributed by atoms with Crippen LogP contribution in [0.5, 0.6) is 5.75 Å². The van der Waals surface area contributed by atoms with Crippen molar-refractivity contribution in [1.82, 2.24) is 0 Å². The van der Waals surface area contributed by atoms with E-state index in [0.29, 0.717) is 22.8 Å². The van der Waals surface area contributed by atoms with Gasteiger partial charge in [0.15, 0.2) is 0 Å². The molecule has 0 saturated heterocycles. The van der Waals surface area contributed by atoms with Crippen LogP contribution >= 0.6 is 11.8 Å². The molecule has 110 valence electrons. The number of methoxy groups -OCH3 is 1. The lowest BCUT2D eigenvalue weighted by atomic mass is 10.0. The third kappa shape index (κ3) is 3.70. The molecule has 0 fully saturated rings. The van der Waals surface area contributed by atoms with Crippen LogP contribution in [0, 0.1) is 0 Å². The molecule has 0 aliphatic rings. The van der Waals surface area contributed by atoms with Crippen LogP contribution in [0.2, 0.25) is 0 Å². The summed E-state index contributed by atoms with van der Waals surface area (Å²) in [5.74, 6) is -0.539. The highest BCUT2D eigenvalue weighted by Crippen LogP contribution is 2.33. The minimum Gasteiger partial charge on any atom is -0.496 e. The van der Waals surface area contributed by atoms with Crippen molar-refractivity contribution in [1.29, 1.82) is 0 Å². The highest BCUT2D eigenvalue weighted by Gasteiger charge is 2.23. The van der Waals surface area contributed by atoms with E-state index in [0.717, 1.165) is 4.90 Å². The van der Waals surface area contributed by atoms with Crippen molar-refractivity contribution in [2.75, 3.05) is 18.6 Å². The molecule has 0 aliphatic carbocycles. The molecule has 0 heterocycles. The Kier molecular flexibility index (Phi) is 5.11. The lowest BCUT2D eigenvalue weighted by molar-refractivity contribution is -0.138. The van der Waals surface area contributed by atoms with E-state index in [1.165, 1.54) is 11.8 Å². The Balaban J connectivity index is 2.21. The molecule has 2 rings (SSSR count). The SMILES string of the molecule is COc1ccccc1C(CSc1ccccc1N)C(=O)O. The fourth-order valence-electron chi connectivity index (χ4n) is 2.03. The molecular weight excluding hydrogens is 286 g/mol. The first-order chi connectivity index (χ1) is 10.1. The zero-order valence-electron chi connectivity index (χ0n) is 11.7. The highest BCUT2D eigenvalue weighted by molar-refractivity contribution is 7.99. The van der Waals surface area contributed by atoms with E-state index in [1.807, 2.05) is 30.3 Å². The van der Waals surface area contributed by atoms with Crippen molar-refractivity contribution >= 4 is 23.4 Å². The number of para-hydroxylation sites is 2. The monoisotopic (exact) mass is 303 g/mol. The van der Waals surface area contributed by atoms with Crippen LogP contribution < -0.4 is 10.5 Å². The number of carbonyl (C=O) groups is 1. The Morgan fingerprint density at radius 1 is 1.24 bits per heavy atom. The molecule has 0 aromatic heterocycles. The van der Waals surface area contributed by atoms with Gasteiger partial charge in [-0.25, -0.2) is 0 Å². The molecule has 4 nitrogen and oxygen atoms in total. The smallest absolute Gasteiger partial charge is 0.311 e. The molecule has 2 aromatic rings. The summed E-state index contributed by atoms with van der Waals surface area (Å²) >= 11 is 1.44. The Bertz CT molecular complexity index is 630. The predicted molar refractivity (Wildman–Crippen MR) is 84.9 cm³/mol. The fourth-order valence-corrected chi connectivity index (χ4v) is 3.11. The largest absolute Gasteiger partial charge is 0.496 e. The topological polar surface area (TPSA) is 72.5 Å². The number of nitrogen functional groups attached to an aromatic ring is 1. The second-order valence-electron chi connectivity index (χ2n) is 4.48. The average Bonchev–Trinajstić information content (AvgIpc) is 2.49. The molecule has 1 unspecified atom stereocenters. The van der Waals surface area contributed by atoms with Gasteiger partial charge in [0.25, 0.3) is 0 Å². The van der Waals surface area contributed by atoms with Crippen molar-refractivity contribution in [3.63, 3.8) is 0 Å². The lowest BCUT2D eigenvalue weighted by Gasteiger charge is -2.16. The molecule has 0 spiro atoms. The zero-order valence-corrected chi connectivity index (χ0v) is 12.5. The minimum atomic E-state index is -0.874. The van der Waals surface area contributed by atoms with Crippen LogP contribution in [0.15, 0.2) is 53.4 Å². The van der Waals surface area contributed by atoms with E-state index in [1.54, 1.807) is 25.3 Å². The number of nitrogens with two attached hydrogens (primary N) is 1. The van der Waals surface area contributed by atoms with E-state index >= 15 is 0 Å². The Labute approximate surface area is 127 Å². The highest BCUT2D eigenvalue weighted by atomic mass is 32.2. The van der Waals surface area contributed by atoms with Gasteiger partial charge >= 0.3 is 5.97 Å². The maximum absolute atomic E-state index is 11.6. The molecule has 21 heavy (non-hydrogen) atoms. The number of rotatable bonds is 6. The second-order valence-corrected chi connectivity index (χ2v) is 5.54. The molecule has 2 aromatic carbocycles. The number of carboxylic acid groups (broad SMARTS) is 1. The molecule has 0 aliphatic heterocycles. The number of hydrogen-bond acceptors (Lipinski definition) is 4. The first-order valence-corrected chi connectivity index (χ1v) is 7.45. The first kappa shape index (κ1) is 15.3. The van der Waals surface area contributed by atoms with E-state index < -0.39 is 11.9 Å². The maximum atomic E-state index is 11.6. The number of aliphatic carboxylic acids is 1. The van der Waals surface area contributed by atoms with Crippen molar-refractivity contribution in [2.24, 2.45) is 0 Å². The summed E-state index contributed by atoms with van der Waals surface area (Å²) in [5.41, 5.74) is 7.22. The molecular formula is C16H17NO3S. The van der Waals surface area contributed by atoms with Gasteiger partial charge in [-0.2, -0.15) is 0 Å². The lowest BCUT2D eigenvalue weighted by Crippen LogP contribution is -2.15. The molecule has 5 heteroatoms. The minimum absolute atomic E-state index is 0.393. The van der Waals surface area contributed by atoms with E-state index in [4.69, 9.17) is 10.5 Å². The van der Waals surface area contributed by atoms with Gasteiger partial charge in [0.2, 0.25) is 0 Å². The first-order valence-electron chi connectivity index (χ1n) is 6.46. The third-order valence-electron chi connectivity index (χ3n) is 3.14. The standard InChI is InChI=1S/C16H17NO3S/c1-20-14-8-4-2-6-11(14)12(16(18)19)10-21-15-9-5-3-7-13(15)17/h2-9,12H,10,17H2,1H3,(H,18,19). The molecule has 1 atom stereocenters. The summed E-state index contributed by atoms with van der Waals surface area (Å²) in [6.45, 7) is 0. The van der Waals surface area contributed by atoms with Crippen LogP contribution in [-0.2, 0) is 4.79 Å². The number of hydrogen-bond donors (Lipinski definition) is 2. The third-order valence-corrected chi connectivity index (χ3v) is 4.32. The van der Waals surface area contributed by atoms with Crippen LogP contribution in [-0.4, -0.2) is 23.9 Å². The van der Waals surface area contributed by atoms with Crippen molar-refractivity contribution in [3.8, 4) is 5.75 Å². The second kappa shape index (κ2) is 7.04. The fraction of sp³-hybridized carbons (Fsp3) is 0.188. The average molecular weight is 303 g/mol. The maximum Gasteiger partial charge on any atom is 0.311 e. The molecule has 0 saturated carbocycles. The van der Waals surface area contributed by atoms with Gasteiger partial charge in [-0.15, -0.1) is 11.8 Å². The summed E-state index contributed by atoms with van der Waals surface area (Å²) < 4.78 is 5.25. The predicted octanol–water partition coefficient (Wildman–Crippen LogP) is 3.24. The van der Waals surface area contributed by atoms with Gasteiger partial charge in [0.1, 0.15) is 5.75 Å². The summed E-state index contributed by atoms with van der Waals surface area (Å²) in [6.07, 6.45) is 0. The molecule has 0 radical (unpaired) electrons. The summed E-state index contributed by atoms with van der Waals surface area (Å²) in [7, 11) is 1.54. The summed E-state index contributed by atoms with van der Waals surface area (Å²) in [4.78, 5) is 12.5. The zero-order chi connectivity index (χ0) is 15.2. The number of ether oxygens (including phenoxy) is 1. The normalized spacial score (nSPS) is 11.9. The van der Waals surface area contributed by atoms with E-state index in [-0.39, 0.29) is 0 Å². The summed E-state index contributed by atoms with van der Waals surface area (Å²) in [6, 6.07) is 14.6. The van der Waals surface area contributed by atoms with Crippen LogP contribution in [0.4, 0.5) is 5.69 Å². The van der Waals surface area contributed by atoms with Gasteiger partial charge in [-0.1, -0.05) is 30.3 Å². The Morgan fingerprint density at radius 3 is 2.57 bits per heavy atom. The van der Waals surface area contributed by atoms with Crippen LogP contribution in [0.3, 0.4) is 0 Å². The van der Waals surface area contributed by atoms with E-state index in [2.05, 4.69) is 0 Å². The van der Waals surface area contributed by atoms with Gasteiger partial charge in [-0.3, -0.25) is 4.79 Å². The van der Waals surface area contributed by atoms with Gasteiger partial charge in [-0.05, 0) is 18.2 Å². The quantitative estimate of drug-likeness (QED) is 0.633. The Hall–Kier alpha value is -2.14. The van der Waals surface area contributed by atoms with Crippen molar-refractivity contribution in [3.05, 3.63) is 54.1 Å². The van der Waals surface area contributed by atoms with E-state index in [9.17, 15) is 9.90 Å². The van der Waals surface area contributed by atoms with Crippen molar-refractivity contribution < 1.29 is 14.6 Å². The molecule has 3 N–H and O–H groups in total. The number of thioether (sulfide) groups is 1. The number of anilines is 1. The van der Waals surface area contributed by atoms with Crippen molar-refractivity contribution in [2.45, 2.75) is 10.8 Å².